The van der Waals surface area contributed by atoms with Gasteiger partial charge in [0, 0.05) is 17.1 Å². The normalized spacial score (nSPS) is 13.5. The van der Waals surface area contributed by atoms with Gasteiger partial charge in [-0.2, -0.15) is 13.2 Å². The van der Waals surface area contributed by atoms with Gasteiger partial charge >= 0.3 is 12.1 Å². The molecule has 22 heavy (non-hydrogen) atoms. The van der Waals surface area contributed by atoms with Crippen LogP contribution < -0.4 is 0 Å². The lowest BCUT2D eigenvalue weighted by Gasteiger charge is -2.19. The van der Waals surface area contributed by atoms with Gasteiger partial charge in [-0.05, 0) is 11.6 Å². The number of ether oxygens (including phenoxy) is 1. The van der Waals surface area contributed by atoms with E-state index in [0.29, 0.717) is 10.9 Å². The van der Waals surface area contributed by atoms with Crippen LogP contribution in [-0.4, -0.2) is 30.2 Å². The Morgan fingerprint density at radius 3 is 2.55 bits per heavy atom. The van der Waals surface area contributed by atoms with Crippen molar-refractivity contribution in [1.82, 2.24) is 4.98 Å². The number of hydrogen-bond donors (Lipinski definition) is 1. The van der Waals surface area contributed by atoms with Crippen molar-refractivity contribution in [2.75, 3.05) is 6.61 Å². The number of aromatic amines is 1. The van der Waals surface area contributed by atoms with Gasteiger partial charge in [0.1, 0.15) is 0 Å². The molecular weight excluding hydrogens is 309 g/mol. The molecule has 0 unspecified atom stereocenters. The molecule has 0 aliphatic carbocycles. The fraction of sp³-hybridized carbons (Fsp3) is 0.357. The maximum atomic E-state index is 13.2. The number of carbonyl (C=O) groups excluding carboxylic acids is 1. The zero-order valence-corrected chi connectivity index (χ0v) is 11.2. The molecule has 0 spiro atoms. The Labute approximate surface area is 122 Å². The fourth-order valence-corrected chi connectivity index (χ4v) is 2.17. The second kappa shape index (κ2) is 6.33. The Morgan fingerprint density at radius 1 is 1.23 bits per heavy atom. The number of esters is 1. The summed E-state index contributed by atoms with van der Waals surface area (Å²) < 4.78 is 67.6. The van der Waals surface area contributed by atoms with Crippen LogP contribution in [0.25, 0.3) is 10.9 Å². The predicted molar refractivity (Wildman–Crippen MR) is 68.7 cm³/mol. The summed E-state index contributed by atoms with van der Waals surface area (Å²) >= 11 is 0. The summed E-state index contributed by atoms with van der Waals surface area (Å²) in [6.45, 7) is -1.21. The highest BCUT2D eigenvalue weighted by Gasteiger charge is 2.43. The molecule has 0 fully saturated rings. The van der Waals surface area contributed by atoms with Crippen molar-refractivity contribution in [1.29, 1.82) is 0 Å². The van der Waals surface area contributed by atoms with Crippen molar-refractivity contribution in [3.63, 3.8) is 0 Å². The van der Waals surface area contributed by atoms with E-state index in [4.69, 9.17) is 0 Å². The molecular formula is C14H12F5NO2. The molecule has 2 rings (SSSR count). The number of halogens is 5. The fourth-order valence-electron chi connectivity index (χ4n) is 2.17. The van der Waals surface area contributed by atoms with Crippen molar-refractivity contribution < 1.29 is 31.5 Å². The number of nitrogens with one attached hydrogen (secondary N) is 1. The first-order chi connectivity index (χ1) is 10.3. The van der Waals surface area contributed by atoms with E-state index in [0.717, 1.165) is 0 Å². The summed E-state index contributed by atoms with van der Waals surface area (Å²) in [5.41, 5.74) is 0.379. The van der Waals surface area contributed by atoms with Crippen molar-refractivity contribution in [2.24, 2.45) is 0 Å². The second-order valence-corrected chi connectivity index (χ2v) is 4.66. The lowest BCUT2D eigenvalue weighted by Crippen LogP contribution is -2.25. The molecule has 0 aliphatic rings. The van der Waals surface area contributed by atoms with Gasteiger partial charge in [0.2, 0.25) is 0 Å². The average Bonchev–Trinajstić information content (AvgIpc) is 2.85. The van der Waals surface area contributed by atoms with Crippen LogP contribution in [0.4, 0.5) is 22.0 Å². The van der Waals surface area contributed by atoms with Crippen molar-refractivity contribution in [3.8, 4) is 0 Å². The zero-order chi connectivity index (χ0) is 16.3. The van der Waals surface area contributed by atoms with E-state index < -0.39 is 37.5 Å². The van der Waals surface area contributed by atoms with E-state index in [1.807, 2.05) is 0 Å². The molecule has 0 bridgehead atoms. The van der Waals surface area contributed by atoms with Gasteiger partial charge < -0.3 is 9.72 Å². The smallest absolute Gasteiger partial charge is 0.396 e. The maximum absolute atomic E-state index is 13.2. The molecule has 0 amide bonds. The molecule has 1 N–H and O–H groups in total. The molecule has 0 saturated carbocycles. The number of alkyl halides is 5. The van der Waals surface area contributed by atoms with E-state index in [9.17, 15) is 26.7 Å². The van der Waals surface area contributed by atoms with Gasteiger partial charge in [0.15, 0.2) is 6.61 Å². The van der Waals surface area contributed by atoms with Gasteiger partial charge in [-0.15, -0.1) is 0 Å². The summed E-state index contributed by atoms with van der Waals surface area (Å²) in [4.78, 5) is 14.1. The molecule has 3 nitrogen and oxygen atoms in total. The number of hydrogen-bond acceptors (Lipinski definition) is 2. The van der Waals surface area contributed by atoms with Crippen molar-refractivity contribution in [3.05, 3.63) is 36.0 Å². The molecule has 1 aromatic heterocycles. The molecule has 0 aliphatic heterocycles. The van der Waals surface area contributed by atoms with E-state index >= 15 is 0 Å². The summed E-state index contributed by atoms with van der Waals surface area (Å²) in [5, 5.41) is 0.325. The lowest BCUT2D eigenvalue weighted by atomic mass is 9.94. The lowest BCUT2D eigenvalue weighted by molar-refractivity contribution is -0.168. The highest BCUT2D eigenvalue weighted by Crippen LogP contribution is 2.40. The third kappa shape index (κ3) is 3.75. The molecule has 0 radical (unpaired) electrons. The van der Waals surface area contributed by atoms with Gasteiger partial charge in [-0.1, -0.05) is 18.2 Å². The Bertz CT molecular complexity index is 650. The third-order valence-electron chi connectivity index (χ3n) is 3.13. The van der Waals surface area contributed by atoms with Crippen LogP contribution >= 0.6 is 0 Å². The molecule has 2 aromatic rings. The minimum atomic E-state index is -4.70. The number of carbonyl (C=O) groups is 1. The SMILES string of the molecule is O=C(C[C@H](c1c[nH]c2ccccc12)C(F)(F)F)OCC(F)F. The highest BCUT2D eigenvalue weighted by atomic mass is 19.4. The summed E-state index contributed by atoms with van der Waals surface area (Å²) in [6, 6.07) is 6.32. The largest absolute Gasteiger partial charge is 0.460 e. The number of H-pyrrole nitrogens is 1. The van der Waals surface area contributed by atoms with Crippen molar-refractivity contribution >= 4 is 16.9 Å². The van der Waals surface area contributed by atoms with Crippen LogP contribution in [0.5, 0.6) is 0 Å². The Morgan fingerprint density at radius 2 is 1.91 bits per heavy atom. The third-order valence-corrected chi connectivity index (χ3v) is 3.13. The summed E-state index contributed by atoms with van der Waals surface area (Å²) in [6.07, 6.45) is -7.49. The Balaban J connectivity index is 2.26. The number of aromatic nitrogens is 1. The van der Waals surface area contributed by atoms with Gasteiger partial charge in [-0.25, -0.2) is 8.78 Å². The first-order valence-electron chi connectivity index (χ1n) is 6.35. The van der Waals surface area contributed by atoms with Crippen LogP contribution in [0.1, 0.15) is 17.9 Å². The number of rotatable bonds is 5. The monoisotopic (exact) mass is 321 g/mol. The quantitative estimate of drug-likeness (QED) is 0.668. The van der Waals surface area contributed by atoms with Gasteiger partial charge in [-0.3, -0.25) is 4.79 Å². The maximum Gasteiger partial charge on any atom is 0.396 e. The topological polar surface area (TPSA) is 42.1 Å². The minimum absolute atomic E-state index is 0.114. The van der Waals surface area contributed by atoms with Crippen LogP contribution in [0.2, 0.25) is 0 Å². The zero-order valence-electron chi connectivity index (χ0n) is 11.2. The summed E-state index contributed by atoms with van der Waals surface area (Å²) in [7, 11) is 0. The Hall–Kier alpha value is -2.12. The van der Waals surface area contributed by atoms with Crippen LogP contribution in [-0.2, 0) is 9.53 Å². The minimum Gasteiger partial charge on any atom is -0.460 e. The van der Waals surface area contributed by atoms with Crippen molar-refractivity contribution in [2.45, 2.75) is 24.9 Å². The molecule has 120 valence electrons. The number of para-hydroxylation sites is 1. The van der Waals surface area contributed by atoms with Crippen LogP contribution in [0.15, 0.2) is 30.5 Å². The molecule has 1 aromatic carbocycles. The van der Waals surface area contributed by atoms with E-state index in [-0.39, 0.29) is 5.56 Å². The second-order valence-electron chi connectivity index (χ2n) is 4.66. The van der Waals surface area contributed by atoms with E-state index in [1.54, 1.807) is 18.2 Å². The molecule has 1 heterocycles. The van der Waals surface area contributed by atoms with Crippen LogP contribution in [0.3, 0.4) is 0 Å². The predicted octanol–water partition coefficient (Wildman–Crippen LogP) is 4.01. The highest BCUT2D eigenvalue weighted by molar-refractivity contribution is 5.84. The number of benzene rings is 1. The molecule has 1 atom stereocenters. The van der Waals surface area contributed by atoms with Gasteiger partial charge in [0.05, 0.1) is 12.3 Å². The average molecular weight is 321 g/mol. The molecule has 0 saturated heterocycles. The summed E-state index contributed by atoms with van der Waals surface area (Å²) in [5.74, 6) is -3.43. The Kier molecular flexibility index (Phi) is 4.68. The van der Waals surface area contributed by atoms with Gasteiger partial charge in [0.25, 0.3) is 6.43 Å². The van der Waals surface area contributed by atoms with E-state index in [2.05, 4.69) is 9.72 Å². The molecule has 8 heteroatoms. The van der Waals surface area contributed by atoms with E-state index in [1.165, 1.54) is 12.3 Å². The number of fused-ring (bicyclic) bond motifs is 1. The first-order valence-corrected chi connectivity index (χ1v) is 6.35. The standard InChI is InChI=1S/C14H12F5NO2/c15-12(16)7-22-13(21)5-10(14(17,18)19)9-6-20-11-4-2-1-3-8(9)11/h1-4,6,10,12,20H,5,7H2/t10-/m1/s1. The van der Waals surface area contributed by atoms with Crippen LogP contribution in [0, 0.1) is 0 Å². The first kappa shape index (κ1) is 16.3.